The van der Waals surface area contributed by atoms with E-state index >= 15 is 0 Å². The standard InChI is InChI=1S/C22H25NOS.C21H22BrNO2.C20H29NO3S.C19H27NO4S.C7H8S.C4H11N/c1-17(24)20-8-7-19(25-16-18-5-3-2-4-6-18)15-21(20)23-13-11-22(9-10-22)12-14-23;22-17-6-7-18(20(24)25-15-16-4-2-1-3-5-16)19(14-17)23-12-10-21(8-9-21)11-13-23;1-15(22)17-6-5-16(25(23,24)14-19(2,3)4)13-18(17)21-11-9-20(7-8-20)10-12-21;1-18(2,3)13-25(23,24)14-4-5-15(17(21)22)16(12-14)20-10-8-19(6-7-19)9-11-20;8-6-7-4-2-1-3-5-7;1-4(2,3)5/h2-8,15H,9-14,16H2,1H3;1-7,14H,8-13,15H2;5-6,13H,7-12,14H2,1-4H3;4-5,12H,6-11,13H2,1-3H3,(H,21,22);1-5,8H,6H2;5H2,1-3H3. The molecule has 0 amide bonds. The van der Waals surface area contributed by atoms with Gasteiger partial charge in [-0.15, -0.1) is 11.8 Å². The van der Waals surface area contributed by atoms with Gasteiger partial charge in [-0.25, -0.2) is 26.4 Å². The molecule has 15 nitrogen and oxygen atoms in total. The third-order valence-corrected chi connectivity index (χ3v) is 29.4. The fraction of sp³-hybridized carbons (Fsp3) is 0.505. The number of nitrogens with two attached hydrogens (primary N) is 1. The van der Waals surface area contributed by atoms with Crippen LogP contribution in [0, 0.1) is 32.5 Å². The molecule has 20 heteroatoms. The summed E-state index contributed by atoms with van der Waals surface area (Å²) in [4.78, 5) is 59.3. The minimum Gasteiger partial charge on any atom is -0.478 e. The molecule has 8 aliphatic rings. The number of thiol groups is 1. The van der Waals surface area contributed by atoms with E-state index in [9.17, 15) is 41.1 Å². The lowest BCUT2D eigenvalue weighted by atomic mass is 9.93. The topological polar surface area (TPSA) is 205 Å². The average Bonchev–Trinajstić information content (AvgIpc) is 1.80. The van der Waals surface area contributed by atoms with E-state index in [1.54, 1.807) is 38.1 Å². The second-order valence-electron chi connectivity index (χ2n) is 36.5. The molecule has 0 bridgehead atoms. The highest BCUT2D eigenvalue weighted by atomic mass is 79.9. The highest BCUT2D eigenvalue weighted by molar-refractivity contribution is 9.10. The first-order valence-electron chi connectivity index (χ1n) is 40.5. The van der Waals surface area contributed by atoms with Gasteiger partial charge in [0.25, 0.3) is 0 Å². The molecular weight excluding hydrogens is 1560 g/mol. The Kier molecular flexibility index (Phi) is 29.4. The van der Waals surface area contributed by atoms with Crippen molar-refractivity contribution in [2.45, 2.75) is 217 Å². The summed E-state index contributed by atoms with van der Waals surface area (Å²) in [5.41, 5.74) is 16.4. The van der Waals surface area contributed by atoms with E-state index in [2.05, 4.69) is 97.9 Å². The van der Waals surface area contributed by atoms with Gasteiger partial charge in [-0.2, -0.15) is 12.6 Å². The van der Waals surface area contributed by atoms with Gasteiger partial charge >= 0.3 is 11.9 Å². The van der Waals surface area contributed by atoms with Gasteiger partial charge in [0.05, 0.1) is 43.8 Å². The summed E-state index contributed by atoms with van der Waals surface area (Å²) in [7, 11) is -6.82. The highest BCUT2D eigenvalue weighted by Gasteiger charge is 2.48. The van der Waals surface area contributed by atoms with E-state index < -0.39 is 25.6 Å². The number of ketones is 2. The zero-order chi connectivity index (χ0) is 81.8. The number of sulfone groups is 2. The molecule has 4 aliphatic carbocycles. The second-order valence-corrected chi connectivity index (χ2v) is 42.8. The van der Waals surface area contributed by atoms with Gasteiger partial charge in [0, 0.05) is 101 Å². The Hall–Kier alpha value is -6.94. The van der Waals surface area contributed by atoms with Crippen molar-refractivity contribution in [3.8, 4) is 0 Å². The maximum atomic E-state index is 12.8. The molecule has 4 heterocycles. The summed E-state index contributed by atoms with van der Waals surface area (Å²) in [5, 5.41) is 9.52. The van der Waals surface area contributed by atoms with E-state index in [4.69, 9.17) is 10.5 Å². The summed E-state index contributed by atoms with van der Waals surface area (Å²) in [6, 6.07) is 52.1. The van der Waals surface area contributed by atoms with E-state index in [1.165, 1.54) is 105 Å². The molecule has 0 aromatic heterocycles. The van der Waals surface area contributed by atoms with Gasteiger partial charge in [-0.05, 0) is 259 Å². The second kappa shape index (κ2) is 37.5. The SMILES string of the molecule is CC(=O)c1ccc(S(=O)(=O)CC(C)(C)C)cc1N1CCC2(CC1)CC2.CC(=O)c1ccc(SCc2ccccc2)cc1N1CCC2(CC1)CC2.CC(C)(C)CS(=O)(=O)c1ccc(C(=O)O)c(N2CCC3(CC2)CC3)c1.CC(C)(C)N.O=C(OCc1ccccc1)c1ccc(Br)cc1N1CCC2(CC1)CC2.SCc1ccccc1. The Morgan fingerprint density at radius 3 is 1.10 bits per heavy atom. The molecular formula is C93H122BrN5O10S4. The largest absolute Gasteiger partial charge is 0.478 e. The quantitative estimate of drug-likeness (QED) is 0.0316. The number of benzene rings is 7. The van der Waals surface area contributed by atoms with Crippen LogP contribution in [0.3, 0.4) is 0 Å². The van der Waals surface area contributed by atoms with E-state index in [0.29, 0.717) is 50.0 Å². The number of rotatable bonds is 18. The van der Waals surface area contributed by atoms with Gasteiger partial charge < -0.3 is 35.2 Å². The van der Waals surface area contributed by atoms with Crippen molar-refractivity contribution in [3.05, 3.63) is 207 Å². The predicted molar refractivity (Wildman–Crippen MR) is 471 cm³/mol. The molecule has 4 saturated heterocycles. The lowest BCUT2D eigenvalue weighted by Gasteiger charge is -2.35. The number of carboxylic acids is 1. The van der Waals surface area contributed by atoms with Crippen LogP contribution in [0.4, 0.5) is 22.7 Å². The third kappa shape index (κ3) is 26.5. The lowest BCUT2D eigenvalue weighted by molar-refractivity contribution is 0.0472. The molecule has 113 heavy (non-hydrogen) atoms. The summed E-state index contributed by atoms with van der Waals surface area (Å²) in [5.74, 6) is 0.822. The normalized spacial score (nSPS) is 18.1. The molecule has 610 valence electrons. The molecule has 4 saturated carbocycles. The molecule has 7 aromatic rings. The summed E-state index contributed by atoms with van der Waals surface area (Å²) in [6.07, 6.45) is 20.2. The van der Waals surface area contributed by atoms with Crippen molar-refractivity contribution in [2.75, 3.05) is 83.5 Å². The van der Waals surface area contributed by atoms with Crippen molar-refractivity contribution in [1.29, 1.82) is 0 Å². The number of carbonyl (C=O) groups excluding carboxylic acids is 3. The van der Waals surface area contributed by atoms with Crippen molar-refractivity contribution in [2.24, 2.45) is 38.2 Å². The number of aromatic carboxylic acids is 1. The number of anilines is 4. The maximum Gasteiger partial charge on any atom is 0.340 e. The molecule has 0 radical (unpaired) electrons. The summed E-state index contributed by atoms with van der Waals surface area (Å²) < 4.78 is 57.5. The monoisotopic (exact) mass is 1680 g/mol. The Morgan fingerprint density at radius 2 is 0.761 bits per heavy atom. The van der Waals surface area contributed by atoms with Gasteiger partial charge in [0.1, 0.15) is 6.61 Å². The van der Waals surface area contributed by atoms with Crippen LogP contribution in [0.15, 0.2) is 183 Å². The number of halogens is 1. The van der Waals surface area contributed by atoms with Crippen LogP contribution in [-0.2, 0) is 42.5 Å². The number of Topliss-reactive ketones (excluding diaryl/α,β-unsaturated/α-hetero) is 2. The first-order chi connectivity index (χ1) is 53.3. The van der Waals surface area contributed by atoms with Gasteiger partial charge in [0.2, 0.25) is 0 Å². The smallest absolute Gasteiger partial charge is 0.340 e. The molecule has 15 rings (SSSR count). The Balaban J connectivity index is 0.000000151. The number of hydrogen-bond donors (Lipinski definition) is 3. The van der Waals surface area contributed by atoms with E-state index in [1.807, 2.05) is 152 Å². The van der Waals surface area contributed by atoms with Crippen LogP contribution in [0.5, 0.6) is 0 Å². The van der Waals surface area contributed by atoms with Crippen molar-refractivity contribution < 1.29 is 45.9 Å². The molecule has 3 N–H and O–H groups in total. The minimum atomic E-state index is -3.45. The van der Waals surface area contributed by atoms with Crippen LogP contribution < -0.4 is 25.3 Å². The molecule has 8 fully saturated rings. The van der Waals surface area contributed by atoms with Gasteiger partial charge in [-0.3, -0.25) is 9.59 Å². The predicted octanol–water partition coefficient (Wildman–Crippen LogP) is 21.3. The van der Waals surface area contributed by atoms with Crippen molar-refractivity contribution in [1.82, 2.24) is 0 Å². The zero-order valence-corrected chi connectivity index (χ0v) is 73.6. The summed E-state index contributed by atoms with van der Waals surface area (Å²) >= 11 is 9.50. The Labute approximate surface area is 693 Å². The number of thioether (sulfide) groups is 1. The maximum absolute atomic E-state index is 12.8. The van der Waals surface area contributed by atoms with Crippen LogP contribution in [0.2, 0.25) is 0 Å². The van der Waals surface area contributed by atoms with Crippen molar-refractivity contribution in [3.63, 3.8) is 0 Å². The molecule has 7 aromatic carbocycles. The first kappa shape index (κ1) is 88.4. The number of esters is 1. The zero-order valence-electron chi connectivity index (χ0n) is 68.6. The lowest BCUT2D eigenvalue weighted by Crippen LogP contribution is -2.35. The number of ether oxygens (including phenoxy) is 1. The summed E-state index contributed by atoms with van der Waals surface area (Å²) in [6.45, 7) is 28.5. The number of hydrogen-bond acceptors (Lipinski definition) is 16. The first-order valence-corrected chi connectivity index (χ1v) is 46.2. The molecule has 0 atom stereocenters. The van der Waals surface area contributed by atoms with Crippen LogP contribution in [0.1, 0.15) is 237 Å². The minimum absolute atomic E-state index is 0. The Bertz CT molecular complexity index is 4480. The fourth-order valence-corrected chi connectivity index (χ4v) is 20.7. The number of carboxylic acid groups (broad SMARTS) is 1. The fourth-order valence-electron chi connectivity index (χ4n) is 15.5. The average molecular weight is 1680 g/mol. The highest BCUT2D eigenvalue weighted by Crippen LogP contribution is 2.57. The van der Waals surface area contributed by atoms with Crippen molar-refractivity contribution >= 4 is 106 Å². The molecule has 4 aliphatic heterocycles. The number of carbonyl (C=O) groups is 4. The van der Waals surface area contributed by atoms with Gasteiger partial charge in [-0.1, -0.05) is 148 Å². The molecule has 4 spiro atoms. The third-order valence-electron chi connectivity index (χ3n) is 23.0. The molecule has 0 unspecified atom stereocenters. The van der Waals surface area contributed by atoms with Gasteiger partial charge in [0.15, 0.2) is 31.2 Å². The van der Waals surface area contributed by atoms with Crippen LogP contribution >= 0.6 is 40.3 Å². The Morgan fingerprint density at radius 1 is 0.442 bits per heavy atom. The van der Waals surface area contributed by atoms with E-state index in [0.717, 1.165) is 122 Å². The number of piperidine rings is 4. The van der Waals surface area contributed by atoms with Crippen LogP contribution in [-0.4, -0.2) is 115 Å². The van der Waals surface area contributed by atoms with E-state index in [-0.39, 0.29) is 55.9 Å². The van der Waals surface area contributed by atoms with Crippen LogP contribution in [0.25, 0.3) is 0 Å². The number of nitrogens with zero attached hydrogens (tertiary/aromatic N) is 4.